The first kappa shape index (κ1) is 23.3. The molecule has 2 amide bonds. The molecule has 1 saturated heterocycles. The van der Waals surface area contributed by atoms with Crippen LogP contribution in [0.4, 0.5) is 5.69 Å². The Morgan fingerprint density at radius 3 is 2.28 bits per heavy atom. The second-order valence-corrected chi connectivity index (χ2v) is 8.65. The van der Waals surface area contributed by atoms with Crippen LogP contribution in [0.3, 0.4) is 0 Å². The molecule has 8 heteroatoms. The molecule has 2 heterocycles. The number of ether oxygens (including phenoxy) is 1. The maximum absolute atomic E-state index is 12.7. The molecule has 1 N–H and O–H groups in total. The second kappa shape index (κ2) is 10.4. The molecule has 1 aliphatic rings. The first-order valence-corrected chi connectivity index (χ1v) is 11.8. The molecule has 0 spiro atoms. The predicted molar refractivity (Wildman–Crippen MR) is 135 cm³/mol. The third kappa shape index (κ3) is 5.12. The number of benzene rings is 3. The number of carbonyl (C=O) groups excluding carboxylic acids is 2. The average molecular weight is 483 g/mol. The van der Waals surface area contributed by atoms with Crippen molar-refractivity contribution < 1.29 is 18.8 Å². The molecular weight excluding hydrogens is 456 g/mol. The number of rotatable bonds is 6. The Morgan fingerprint density at radius 1 is 0.917 bits per heavy atom. The lowest BCUT2D eigenvalue weighted by atomic mass is 9.96. The first-order valence-electron chi connectivity index (χ1n) is 11.8. The van der Waals surface area contributed by atoms with Gasteiger partial charge in [-0.3, -0.25) is 9.59 Å². The summed E-state index contributed by atoms with van der Waals surface area (Å²) < 4.78 is 10.7. The lowest BCUT2D eigenvalue weighted by molar-refractivity contribution is 0.0704. The maximum atomic E-state index is 12.7. The van der Waals surface area contributed by atoms with Crippen LogP contribution in [0.5, 0.6) is 5.75 Å². The Morgan fingerprint density at radius 2 is 1.61 bits per heavy atom. The summed E-state index contributed by atoms with van der Waals surface area (Å²) in [4.78, 5) is 31.7. The number of piperidine rings is 1. The number of hydrogen-bond acceptors (Lipinski definition) is 6. The van der Waals surface area contributed by atoms with Gasteiger partial charge in [0.1, 0.15) is 5.75 Å². The van der Waals surface area contributed by atoms with E-state index in [2.05, 4.69) is 15.5 Å². The van der Waals surface area contributed by atoms with Crippen molar-refractivity contribution in [1.82, 2.24) is 15.0 Å². The van der Waals surface area contributed by atoms with Gasteiger partial charge < -0.3 is 19.5 Å². The molecule has 0 aliphatic carbocycles. The summed E-state index contributed by atoms with van der Waals surface area (Å²) in [7, 11) is 1.60. The molecule has 36 heavy (non-hydrogen) atoms. The largest absolute Gasteiger partial charge is 0.497 e. The van der Waals surface area contributed by atoms with E-state index in [9.17, 15) is 9.59 Å². The zero-order valence-corrected chi connectivity index (χ0v) is 19.9. The van der Waals surface area contributed by atoms with E-state index >= 15 is 0 Å². The lowest BCUT2D eigenvalue weighted by Crippen LogP contribution is -2.37. The van der Waals surface area contributed by atoms with Crippen LogP contribution >= 0.6 is 0 Å². The van der Waals surface area contributed by atoms with Gasteiger partial charge in [-0.15, -0.1) is 0 Å². The van der Waals surface area contributed by atoms with Crippen molar-refractivity contribution >= 4 is 17.5 Å². The van der Waals surface area contributed by atoms with Crippen molar-refractivity contribution in [2.75, 3.05) is 25.5 Å². The third-order valence-electron chi connectivity index (χ3n) is 6.35. The number of aromatic nitrogens is 2. The molecule has 3 aromatic carbocycles. The van der Waals surface area contributed by atoms with Gasteiger partial charge in [-0.2, -0.15) is 4.98 Å². The summed E-state index contributed by atoms with van der Waals surface area (Å²) in [6, 6.07) is 23.6. The molecule has 0 atom stereocenters. The summed E-state index contributed by atoms with van der Waals surface area (Å²) in [5, 5.41) is 7.01. The standard InChI is InChI=1S/C28H26N4O4/c1-35-24-13-11-23(12-14-24)29-26(33)20-9-7-19(8-10-20)25-30-27(36-31-25)21-15-17-32(18-16-21)28(34)22-5-3-2-4-6-22/h2-14,21H,15-18H2,1H3,(H,29,33). The molecule has 0 bridgehead atoms. The molecule has 4 aromatic rings. The van der Waals surface area contributed by atoms with Gasteiger partial charge in [-0.05, 0) is 61.4 Å². The number of methoxy groups -OCH3 is 1. The fraction of sp³-hybridized carbons (Fsp3) is 0.214. The Hall–Kier alpha value is -4.46. The minimum atomic E-state index is -0.211. The number of carbonyl (C=O) groups is 2. The minimum absolute atomic E-state index is 0.0522. The maximum Gasteiger partial charge on any atom is 0.255 e. The smallest absolute Gasteiger partial charge is 0.255 e. The van der Waals surface area contributed by atoms with Gasteiger partial charge in [0, 0.05) is 41.4 Å². The molecule has 0 radical (unpaired) electrons. The second-order valence-electron chi connectivity index (χ2n) is 8.65. The number of likely N-dealkylation sites (tertiary alicyclic amines) is 1. The number of nitrogens with one attached hydrogen (secondary N) is 1. The minimum Gasteiger partial charge on any atom is -0.497 e. The van der Waals surface area contributed by atoms with Crippen molar-refractivity contribution in [2.24, 2.45) is 0 Å². The van der Waals surface area contributed by atoms with Gasteiger partial charge in [0.05, 0.1) is 7.11 Å². The van der Waals surface area contributed by atoms with E-state index in [1.165, 1.54) is 0 Å². The summed E-state index contributed by atoms with van der Waals surface area (Å²) in [5.74, 6) is 1.74. The van der Waals surface area contributed by atoms with E-state index in [4.69, 9.17) is 9.26 Å². The molecule has 1 aromatic heterocycles. The predicted octanol–water partition coefficient (Wildman–Crippen LogP) is 5.02. The molecule has 8 nitrogen and oxygen atoms in total. The SMILES string of the molecule is COc1ccc(NC(=O)c2ccc(-c3noc(C4CCN(C(=O)c5ccccc5)CC4)n3)cc2)cc1. The number of amides is 2. The highest BCUT2D eigenvalue weighted by Crippen LogP contribution is 2.29. The lowest BCUT2D eigenvalue weighted by Gasteiger charge is -2.30. The highest BCUT2D eigenvalue weighted by molar-refractivity contribution is 6.04. The Bertz CT molecular complexity index is 1330. The first-order chi connectivity index (χ1) is 17.6. The Kier molecular flexibility index (Phi) is 6.75. The van der Waals surface area contributed by atoms with Crippen molar-refractivity contribution in [1.29, 1.82) is 0 Å². The summed E-state index contributed by atoms with van der Waals surface area (Å²) in [5.41, 5.74) is 2.68. The van der Waals surface area contributed by atoms with Crippen molar-refractivity contribution in [3.63, 3.8) is 0 Å². The Labute approximate surface area is 208 Å². The number of hydrogen-bond donors (Lipinski definition) is 1. The monoisotopic (exact) mass is 482 g/mol. The fourth-order valence-corrected chi connectivity index (χ4v) is 4.26. The average Bonchev–Trinajstić information content (AvgIpc) is 3.44. The van der Waals surface area contributed by atoms with Crippen molar-refractivity contribution in [2.45, 2.75) is 18.8 Å². The number of anilines is 1. The molecule has 0 saturated carbocycles. The van der Waals surface area contributed by atoms with E-state index in [-0.39, 0.29) is 17.7 Å². The van der Waals surface area contributed by atoms with Gasteiger partial charge in [-0.1, -0.05) is 35.5 Å². The van der Waals surface area contributed by atoms with Crippen LogP contribution < -0.4 is 10.1 Å². The molecule has 1 aliphatic heterocycles. The van der Waals surface area contributed by atoms with E-state index in [0.29, 0.717) is 41.6 Å². The van der Waals surface area contributed by atoms with E-state index in [1.807, 2.05) is 35.2 Å². The molecular formula is C28H26N4O4. The van der Waals surface area contributed by atoms with Crippen molar-refractivity contribution in [3.05, 3.63) is 95.9 Å². The Balaban J connectivity index is 1.18. The normalized spacial score (nSPS) is 13.9. The summed E-state index contributed by atoms with van der Waals surface area (Å²) in [6.07, 6.45) is 1.54. The van der Waals surface area contributed by atoms with Crippen molar-refractivity contribution in [3.8, 4) is 17.1 Å². The molecule has 1 fully saturated rings. The summed E-state index contributed by atoms with van der Waals surface area (Å²) in [6.45, 7) is 1.29. The van der Waals surface area contributed by atoms with Gasteiger partial charge in [0.15, 0.2) is 0 Å². The molecule has 0 unspecified atom stereocenters. The van der Waals surface area contributed by atoms with E-state index in [0.717, 1.165) is 24.2 Å². The summed E-state index contributed by atoms with van der Waals surface area (Å²) >= 11 is 0. The molecule has 5 rings (SSSR count). The van der Waals surface area contributed by atoms with Gasteiger partial charge in [0.2, 0.25) is 11.7 Å². The fourth-order valence-electron chi connectivity index (χ4n) is 4.26. The van der Waals surface area contributed by atoms with E-state index < -0.39 is 0 Å². The van der Waals surface area contributed by atoms with Gasteiger partial charge in [-0.25, -0.2) is 0 Å². The van der Waals surface area contributed by atoms with Crippen LogP contribution in [0.25, 0.3) is 11.4 Å². The van der Waals surface area contributed by atoms with Crippen LogP contribution in [0.15, 0.2) is 83.4 Å². The zero-order valence-electron chi connectivity index (χ0n) is 19.9. The molecule has 182 valence electrons. The van der Waals surface area contributed by atoms with Gasteiger partial charge in [0.25, 0.3) is 11.8 Å². The van der Waals surface area contributed by atoms with Crippen LogP contribution in [-0.2, 0) is 0 Å². The highest BCUT2D eigenvalue weighted by atomic mass is 16.5. The van der Waals surface area contributed by atoms with Crippen LogP contribution in [0.2, 0.25) is 0 Å². The van der Waals surface area contributed by atoms with Crippen LogP contribution in [-0.4, -0.2) is 47.1 Å². The van der Waals surface area contributed by atoms with Gasteiger partial charge >= 0.3 is 0 Å². The van der Waals surface area contributed by atoms with Crippen LogP contribution in [0.1, 0.15) is 45.4 Å². The quantitative estimate of drug-likeness (QED) is 0.415. The van der Waals surface area contributed by atoms with E-state index in [1.54, 1.807) is 55.6 Å². The zero-order chi connectivity index (χ0) is 24.9. The number of nitrogens with zero attached hydrogens (tertiary/aromatic N) is 3. The highest BCUT2D eigenvalue weighted by Gasteiger charge is 2.28. The third-order valence-corrected chi connectivity index (χ3v) is 6.35. The topological polar surface area (TPSA) is 97.6 Å². The van der Waals surface area contributed by atoms with Crippen LogP contribution in [0, 0.1) is 0 Å².